The first kappa shape index (κ1) is 12.7. The van der Waals surface area contributed by atoms with Gasteiger partial charge in [0.05, 0.1) is 0 Å². The Morgan fingerprint density at radius 1 is 1.32 bits per heavy atom. The van der Waals surface area contributed by atoms with E-state index in [0.29, 0.717) is 5.69 Å². The van der Waals surface area contributed by atoms with Crippen molar-refractivity contribution < 1.29 is 4.79 Å². The molecule has 0 atom stereocenters. The van der Waals surface area contributed by atoms with Gasteiger partial charge in [-0.3, -0.25) is 9.48 Å². The SMILES string of the molecule is Cn1ccc(C(=O)N2CCCN(CC3CC3)CC2)n1. The van der Waals surface area contributed by atoms with Gasteiger partial charge in [0, 0.05) is 39.4 Å². The van der Waals surface area contributed by atoms with Gasteiger partial charge in [0.1, 0.15) is 5.69 Å². The Morgan fingerprint density at radius 3 is 2.84 bits per heavy atom. The zero-order valence-corrected chi connectivity index (χ0v) is 11.6. The van der Waals surface area contributed by atoms with Gasteiger partial charge < -0.3 is 9.80 Å². The summed E-state index contributed by atoms with van der Waals surface area (Å²) in [5.74, 6) is 1.01. The summed E-state index contributed by atoms with van der Waals surface area (Å²) in [7, 11) is 1.84. The summed E-state index contributed by atoms with van der Waals surface area (Å²) in [5.41, 5.74) is 0.568. The summed E-state index contributed by atoms with van der Waals surface area (Å²) in [6.07, 6.45) is 5.69. The van der Waals surface area contributed by atoms with Crippen molar-refractivity contribution in [1.82, 2.24) is 19.6 Å². The molecule has 2 aliphatic rings. The quantitative estimate of drug-likeness (QED) is 0.815. The molecular weight excluding hydrogens is 240 g/mol. The van der Waals surface area contributed by atoms with Crippen molar-refractivity contribution in [2.75, 3.05) is 32.7 Å². The predicted molar refractivity (Wildman–Crippen MR) is 72.9 cm³/mol. The van der Waals surface area contributed by atoms with Gasteiger partial charge in [-0.1, -0.05) is 0 Å². The highest BCUT2D eigenvalue weighted by Gasteiger charge is 2.27. The third kappa shape index (κ3) is 3.15. The Balaban J connectivity index is 1.57. The summed E-state index contributed by atoms with van der Waals surface area (Å²) in [5, 5.41) is 4.21. The fourth-order valence-electron chi connectivity index (χ4n) is 2.71. The van der Waals surface area contributed by atoms with Crippen LogP contribution in [-0.2, 0) is 7.05 Å². The minimum atomic E-state index is 0.0777. The molecule has 0 unspecified atom stereocenters. The van der Waals surface area contributed by atoms with Crippen LogP contribution in [0.4, 0.5) is 0 Å². The predicted octanol–water partition coefficient (Wildman–Crippen LogP) is 0.978. The van der Waals surface area contributed by atoms with Crippen LogP contribution in [0.2, 0.25) is 0 Å². The van der Waals surface area contributed by atoms with Crippen LogP contribution in [-0.4, -0.2) is 58.2 Å². The first-order valence-electron chi connectivity index (χ1n) is 7.23. The molecule has 0 aromatic carbocycles. The van der Waals surface area contributed by atoms with Crippen LogP contribution in [0.3, 0.4) is 0 Å². The Labute approximate surface area is 114 Å². The van der Waals surface area contributed by atoms with E-state index in [1.54, 1.807) is 10.7 Å². The number of aromatic nitrogens is 2. The second-order valence-corrected chi connectivity index (χ2v) is 5.76. The van der Waals surface area contributed by atoms with Gasteiger partial charge in [0.2, 0.25) is 0 Å². The molecule has 3 rings (SSSR count). The van der Waals surface area contributed by atoms with Crippen LogP contribution in [0.15, 0.2) is 12.3 Å². The molecule has 1 aromatic rings. The monoisotopic (exact) mass is 262 g/mol. The van der Waals surface area contributed by atoms with E-state index in [0.717, 1.165) is 38.5 Å². The normalized spacial score (nSPS) is 21.4. The van der Waals surface area contributed by atoms with E-state index in [1.165, 1.54) is 19.4 Å². The third-order valence-electron chi connectivity index (χ3n) is 4.02. The molecule has 0 bridgehead atoms. The molecule has 5 heteroatoms. The van der Waals surface area contributed by atoms with Crippen molar-refractivity contribution in [3.8, 4) is 0 Å². The van der Waals surface area contributed by atoms with E-state index in [9.17, 15) is 4.79 Å². The minimum Gasteiger partial charge on any atom is -0.336 e. The first-order valence-corrected chi connectivity index (χ1v) is 7.23. The van der Waals surface area contributed by atoms with Gasteiger partial charge in [-0.25, -0.2) is 0 Å². The maximum absolute atomic E-state index is 12.3. The minimum absolute atomic E-state index is 0.0777. The van der Waals surface area contributed by atoms with E-state index in [4.69, 9.17) is 0 Å². The maximum Gasteiger partial charge on any atom is 0.274 e. The topological polar surface area (TPSA) is 41.4 Å². The number of nitrogens with zero attached hydrogens (tertiary/aromatic N) is 4. The second kappa shape index (κ2) is 5.33. The smallest absolute Gasteiger partial charge is 0.274 e. The zero-order valence-electron chi connectivity index (χ0n) is 11.6. The molecule has 1 saturated heterocycles. The number of hydrogen-bond donors (Lipinski definition) is 0. The largest absolute Gasteiger partial charge is 0.336 e. The highest BCUT2D eigenvalue weighted by atomic mass is 16.2. The van der Waals surface area contributed by atoms with Gasteiger partial charge in [-0.15, -0.1) is 0 Å². The molecule has 0 N–H and O–H groups in total. The number of carbonyl (C=O) groups excluding carboxylic acids is 1. The Bertz CT molecular complexity index is 452. The molecule has 19 heavy (non-hydrogen) atoms. The lowest BCUT2D eigenvalue weighted by Gasteiger charge is -2.21. The standard InChI is InChI=1S/C14H22N4O/c1-16-8-5-13(15-16)14(19)18-7-2-6-17(9-10-18)11-12-3-4-12/h5,8,12H,2-4,6-7,9-11H2,1H3. The molecule has 1 aliphatic heterocycles. The van der Waals surface area contributed by atoms with Crippen molar-refractivity contribution in [3.05, 3.63) is 18.0 Å². The average molecular weight is 262 g/mol. The van der Waals surface area contributed by atoms with Crippen LogP contribution in [0.5, 0.6) is 0 Å². The Hall–Kier alpha value is -1.36. The van der Waals surface area contributed by atoms with Crippen molar-refractivity contribution in [2.24, 2.45) is 13.0 Å². The van der Waals surface area contributed by atoms with Gasteiger partial charge in [-0.05, 0) is 37.8 Å². The highest BCUT2D eigenvalue weighted by molar-refractivity contribution is 5.92. The van der Waals surface area contributed by atoms with E-state index in [2.05, 4.69) is 10.00 Å². The third-order valence-corrected chi connectivity index (χ3v) is 4.02. The molecule has 5 nitrogen and oxygen atoms in total. The molecule has 2 fully saturated rings. The van der Waals surface area contributed by atoms with Crippen LogP contribution in [0.25, 0.3) is 0 Å². The number of hydrogen-bond acceptors (Lipinski definition) is 3. The molecule has 0 radical (unpaired) electrons. The van der Waals surface area contributed by atoms with Gasteiger partial charge in [0.15, 0.2) is 0 Å². The second-order valence-electron chi connectivity index (χ2n) is 5.76. The molecule has 1 amide bonds. The number of aryl methyl sites for hydroxylation is 1. The molecule has 1 saturated carbocycles. The van der Waals surface area contributed by atoms with Gasteiger partial charge in [0.25, 0.3) is 5.91 Å². The van der Waals surface area contributed by atoms with Crippen LogP contribution in [0.1, 0.15) is 29.8 Å². The summed E-state index contributed by atoms with van der Waals surface area (Å²) in [4.78, 5) is 16.8. The van der Waals surface area contributed by atoms with E-state index < -0.39 is 0 Å². The first-order chi connectivity index (χ1) is 9.22. The van der Waals surface area contributed by atoms with Crippen LogP contribution < -0.4 is 0 Å². The van der Waals surface area contributed by atoms with Crippen molar-refractivity contribution in [1.29, 1.82) is 0 Å². The van der Waals surface area contributed by atoms with Crippen LogP contribution >= 0.6 is 0 Å². The zero-order chi connectivity index (χ0) is 13.2. The highest BCUT2D eigenvalue weighted by Crippen LogP contribution is 2.29. The molecule has 1 aliphatic carbocycles. The van der Waals surface area contributed by atoms with E-state index in [-0.39, 0.29) is 5.91 Å². The Morgan fingerprint density at radius 2 is 2.16 bits per heavy atom. The van der Waals surface area contributed by atoms with E-state index >= 15 is 0 Å². The molecule has 0 spiro atoms. The summed E-state index contributed by atoms with van der Waals surface area (Å²) in [6, 6.07) is 1.80. The Kier molecular flexibility index (Phi) is 3.55. The summed E-state index contributed by atoms with van der Waals surface area (Å²) >= 11 is 0. The lowest BCUT2D eigenvalue weighted by atomic mass is 10.3. The van der Waals surface area contributed by atoms with Crippen LogP contribution in [0, 0.1) is 5.92 Å². The molecular formula is C14H22N4O. The van der Waals surface area contributed by atoms with Gasteiger partial charge >= 0.3 is 0 Å². The fraction of sp³-hybridized carbons (Fsp3) is 0.714. The number of carbonyl (C=O) groups is 1. The fourth-order valence-corrected chi connectivity index (χ4v) is 2.71. The number of rotatable bonds is 3. The van der Waals surface area contributed by atoms with Gasteiger partial charge in [-0.2, -0.15) is 5.10 Å². The maximum atomic E-state index is 12.3. The number of amides is 1. The molecule has 104 valence electrons. The van der Waals surface area contributed by atoms with Crippen molar-refractivity contribution in [3.63, 3.8) is 0 Å². The van der Waals surface area contributed by atoms with Crippen molar-refractivity contribution >= 4 is 5.91 Å². The molecule has 1 aromatic heterocycles. The van der Waals surface area contributed by atoms with Crippen molar-refractivity contribution in [2.45, 2.75) is 19.3 Å². The molecule has 2 heterocycles. The summed E-state index contributed by atoms with van der Waals surface area (Å²) in [6.45, 7) is 5.06. The lowest BCUT2D eigenvalue weighted by Crippen LogP contribution is -2.36. The summed E-state index contributed by atoms with van der Waals surface area (Å²) < 4.78 is 1.68. The average Bonchev–Trinajstić information content (AvgIpc) is 3.15. The lowest BCUT2D eigenvalue weighted by molar-refractivity contribution is 0.0754. The van der Waals surface area contributed by atoms with E-state index in [1.807, 2.05) is 18.1 Å².